The molecule has 0 unspecified atom stereocenters. The second kappa shape index (κ2) is 7.39. The molecule has 0 atom stereocenters. The Morgan fingerprint density at radius 2 is 1.92 bits per heavy atom. The first-order valence-corrected chi connectivity index (χ1v) is 8.49. The normalized spacial score (nSPS) is 10.7. The Labute approximate surface area is 152 Å². The molecule has 0 fully saturated rings. The van der Waals surface area contributed by atoms with Crippen LogP contribution in [0.3, 0.4) is 0 Å². The minimum absolute atomic E-state index is 0.183. The number of hydrogen-bond acceptors (Lipinski definition) is 4. The van der Waals surface area contributed by atoms with Crippen molar-refractivity contribution >= 4 is 5.91 Å². The highest BCUT2D eigenvalue weighted by Gasteiger charge is 2.21. The van der Waals surface area contributed by atoms with E-state index in [0.717, 1.165) is 16.8 Å². The molecule has 0 aliphatic heterocycles. The molecule has 0 radical (unpaired) electrons. The average Bonchev–Trinajstić information content (AvgIpc) is 3.01. The van der Waals surface area contributed by atoms with Crippen LogP contribution in [-0.4, -0.2) is 44.5 Å². The maximum absolute atomic E-state index is 12.7. The SMILES string of the molecule is Cc1cccc(-n2nnc(C(=O)N(C)CCc3ccccc3O)c2C)c1. The first-order valence-electron chi connectivity index (χ1n) is 8.49. The van der Waals surface area contributed by atoms with Gasteiger partial charge >= 0.3 is 0 Å². The smallest absolute Gasteiger partial charge is 0.276 e. The Bertz CT molecular complexity index is 933. The molecule has 3 rings (SSSR count). The van der Waals surface area contributed by atoms with Crippen LogP contribution < -0.4 is 0 Å². The third kappa shape index (κ3) is 3.59. The average molecular weight is 350 g/mol. The third-order valence-electron chi connectivity index (χ3n) is 4.40. The van der Waals surface area contributed by atoms with Crippen LogP contribution in [0.15, 0.2) is 48.5 Å². The number of likely N-dealkylation sites (N-methyl/N-ethyl adjacent to an activating group) is 1. The number of nitrogens with zero attached hydrogens (tertiary/aromatic N) is 4. The number of carbonyl (C=O) groups is 1. The second-order valence-electron chi connectivity index (χ2n) is 6.38. The summed E-state index contributed by atoms with van der Waals surface area (Å²) >= 11 is 0. The number of amides is 1. The van der Waals surface area contributed by atoms with Crippen LogP contribution in [-0.2, 0) is 6.42 Å². The molecule has 0 saturated heterocycles. The van der Waals surface area contributed by atoms with E-state index in [9.17, 15) is 9.90 Å². The summed E-state index contributed by atoms with van der Waals surface area (Å²) in [6, 6.07) is 15.0. The number of aryl methyl sites for hydroxylation is 1. The number of hydrogen-bond donors (Lipinski definition) is 1. The molecule has 0 saturated carbocycles. The lowest BCUT2D eigenvalue weighted by Gasteiger charge is -2.16. The van der Waals surface area contributed by atoms with Gasteiger partial charge in [-0.05, 0) is 49.6 Å². The van der Waals surface area contributed by atoms with E-state index >= 15 is 0 Å². The van der Waals surface area contributed by atoms with Gasteiger partial charge in [0.15, 0.2) is 5.69 Å². The number of aromatic hydroxyl groups is 1. The van der Waals surface area contributed by atoms with Crippen LogP contribution in [0, 0.1) is 13.8 Å². The van der Waals surface area contributed by atoms with Crippen molar-refractivity contribution in [2.45, 2.75) is 20.3 Å². The number of aromatic nitrogens is 3. The molecule has 0 aliphatic rings. The van der Waals surface area contributed by atoms with Crippen LogP contribution in [0.1, 0.15) is 27.3 Å². The monoisotopic (exact) mass is 350 g/mol. The lowest BCUT2D eigenvalue weighted by Crippen LogP contribution is -2.29. The first-order chi connectivity index (χ1) is 12.5. The van der Waals surface area contributed by atoms with Crippen LogP contribution in [0.25, 0.3) is 5.69 Å². The Kier molecular flexibility index (Phi) is 5.02. The van der Waals surface area contributed by atoms with Crippen molar-refractivity contribution in [3.05, 3.63) is 71.0 Å². The molecule has 0 spiro atoms. The molecule has 1 N–H and O–H groups in total. The predicted octanol–water partition coefficient (Wildman–Crippen LogP) is 2.90. The first kappa shape index (κ1) is 17.7. The molecular weight excluding hydrogens is 328 g/mol. The summed E-state index contributed by atoms with van der Waals surface area (Å²) in [6.07, 6.45) is 0.569. The fourth-order valence-corrected chi connectivity index (χ4v) is 2.82. The van der Waals surface area contributed by atoms with E-state index in [1.54, 1.807) is 28.8 Å². The van der Waals surface area contributed by atoms with Crippen LogP contribution in [0.2, 0.25) is 0 Å². The molecule has 6 heteroatoms. The summed E-state index contributed by atoms with van der Waals surface area (Å²) in [6.45, 7) is 4.33. The van der Waals surface area contributed by atoms with Gasteiger partial charge in [0.2, 0.25) is 0 Å². The Morgan fingerprint density at radius 3 is 2.65 bits per heavy atom. The quantitative estimate of drug-likeness (QED) is 0.768. The lowest BCUT2D eigenvalue weighted by atomic mass is 10.1. The number of para-hydroxylation sites is 1. The summed E-state index contributed by atoms with van der Waals surface area (Å²) in [5, 5.41) is 18.1. The Balaban J connectivity index is 1.74. The largest absolute Gasteiger partial charge is 0.508 e. The van der Waals surface area contributed by atoms with E-state index in [4.69, 9.17) is 0 Å². The molecular formula is C20H22N4O2. The fourth-order valence-electron chi connectivity index (χ4n) is 2.82. The minimum Gasteiger partial charge on any atom is -0.508 e. The van der Waals surface area contributed by atoms with Crippen LogP contribution in [0.4, 0.5) is 0 Å². The van der Waals surface area contributed by atoms with Crippen molar-refractivity contribution in [3.8, 4) is 11.4 Å². The maximum atomic E-state index is 12.7. The molecule has 1 amide bonds. The van der Waals surface area contributed by atoms with Gasteiger partial charge in [0.05, 0.1) is 11.4 Å². The lowest BCUT2D eigenvalue weighted by molar-refractivity contribution is 0.0789. The van der Waals surface area contributed by atoms with Gasteiger partial charge in [-0.25, -0.2) is 4.68 Å². The number of rotatable bonds is 5. The highest BCUT2D eigenvalue weighted by molar-refractivity contribution is 5.93. The molecule has 0 bridgehead atoms. The highest BCUT2D eigenvalue weighted by Crippen LogP contribution is 2.18. The number of phenolic OH excluding ortho intramolecular Hbond substituents is 1. The third-order valence-corrected chi connectivity index (χ3v) is 4.40. The van der Waals surface area contributed by atoms with Crippen molar-refractivity contribution in [3.63, 3.8) is 0 Å². The van der Waals surface area contributed by atoms with Gasteiger partial charge in [0, 0.05) is 13.6 Å². The zero-order valence-corrected chi connectivity index (χ0v) is 15.2. The zero-order chi connectivity index (χ0) is 18.7. The predicted molar refractivity (Wildman–Crippen MR) is 99.6 cm³/mol. The van der Waals surface area contributed by atoms with E-state index < -0.39 is 0 Å². The summed E-state index contributed by atoms with van der Waals surface area (Å²) in [5.74, 6) is 0.0618. The number of phenols is 1. The molecule has 3 aromatic rings. The van der Waals surface area contributed by atoms with Gasteiger partial charge in [-0.1, -0.05) is 35.5 Å². The van der Waals surface area contributed by atoms with E-state index in [1.165, 1.54) is 0 Å². The van der Waals surface area contributed by atoms with Crippen molar-refractivity contribution in [1.29, 1.82) is 0 Å². The molecule has 6 nitrogen and oxygen atoms in total. The summed E-state index contributed by atoms with van der Waals surface area (Å²) < 4.78 is 1.68. The van der Waals surface area contributed by atoms with E-state index in [0.29, 0.717) is 24.4 Å². The molecule has 2 aromatic carbocycles. The summed E-state index contributed by atoms with van der Waals surface area (Å²) in [5.41, 5.74) is 3.85. The Hall–Kier alpha value is -3.15. The standard InChI is InChI=1S/C20H22N4O2/c1-14-7-6-9-17(13-14)24-15(2)19(21-22-24)20(26)23(3)12-11-16-8-4-5-10-18(16)25/h4-10,13,25H,11-12H2,1-3H3. The molecule has 26 heavy (non-hydrogen) atoms. The summed E-state index contributed by atoms with van der Waals surface area (Å²) in [4.78, 5) is 14.3. The van der Waals surface area contributed by atoms with E-state index in [2.05, 4.69) is 10.3 Å². The minimum atomic E-state index is -0.183. The van der Waals surface area contributed by atoms with Crippen LogP contribution in [0.5, 0.6) is 5.75 Å². The van der Waals surface area contributed by atoms with Gasteiger partial charge < -0.3 is 10.0 Å². The number of carbonyl (C=O) groups excluding carboxylic acids is 1. The van der Waals surface area contributed by atoms with Gasteiger partial charge in [0.25, 0.3) is 5.91 Å². The van der Waals surface area contributed by atoms with Crippen molar-refractivity contribution < 1.29 is 9.90 Å². The second-order valence-corrected chi connectivity index (χ2v) is 6.38. The van der Waals surface area contributed by atoms with Gasteiger partial charge in [-0.3, -0.25) is 4.79 Å². The molecule has 0 aliphatic carbocycles. The highest BCUT2D eigenvalue weighted by atomic mass is 16.3. The van der Waals surface area contributed by atoms with Gasteiger partial charge in [0.1, 0.15) is 5.75 Å². The van der Waals surface area contributed by atoms with E-state index in [-0.39, 0.29) is 11.7 Å². The number of benzene rings is 2. The summed E-state index contributed by atoms with van der Waals surface area (Å²) in [7, 11) is 1.73. The van der Waals surface area contributed by atoms with Crippen molar-refractivity contribution in [2.24, 2.45) is 0 Å². The van der Waals surface area contributed by atoms with Gasteiger partial charge in [-0.15, -0.1) is 5.10 Å². The zero-order valence-electron chi connectivity index (χ0n) is 15.2. The van der Waals surface area contributed by atoms with Crippen molar-refractivity contribution in [1.82, 2.24) is 19.9 Å². The topological polar surface area (TPSA) is 71.2 Å². The Morgan fingerprint density at radius 1 is 1.15 bits per heavy atom. The van der Waals surface area contributed by atoms with Crippen LogP contribution >= 0.6 is 0 Å². The van der Waals surface area contributed by atoms with Gasteiger partial charge in [-0.2, -0.15) is 0 Å². The molecule has 134 valence electrons. The fraction of sp³-hybridized carbons (Fsp3) is 0.250. The molecule has 1 heterocycles. The van der Waals surface area contributed by atoms with Crippen molar-refractivity contribution in [2.75, 3.05) is 13.6 Å². The van der Waals surface area contributed by atoms with E-state index in [1.807, 2.05) is 50.2 Å². The molecule has 1 aromatic heterocycles. The maximum Gasteiger partial charge on any atom is 0.276 e.